The predicted molar refractivity (Wildman–Crippen MR) is 147 cm³/mol. The summed E-state index contributed by atoms with van der Waals surface area (Å²) in [4.78, 5) is 15.9. The second kappa shape index (κ2) is 9.77. The zero-order chi connectivity index (χ0) is 27.1. The summed E-state index contributed by atoms with van der Waals surface area (Å²) in [6, 6.07) is 23.8. The third-order valence-corrected chi connectivity index (χ3v) is 8.08. The first-order valence-corrected chi connectivity index (χ1v) is 14.5. The predicted octanol–water partition coefficient (Wildman–Crippen LogP) is 5.68. The SMILES string of the molecule is NS(=O)(=O)c1ccc(Oc2c(C3CC3)nn(-c3nc(C(=O)O)cs3)c2-c2cccc(-c3ccccc3)c2)cc1. The van der Waals surface area contributed by atoms with Crippen LogP contribution in [0.5, 0.6) is 11.5 Å². The Balaban J connectivity index is 1.53. The molecule has 2 aromatic heterocycles. The fourth-order valence-electron chi connectivity index (χ4n) is 4.29. The lowest BCUT2D eigenvalue weighted by molar-refractivity contribution is 0.0691. The quantitative estimate of drug-likeness (QED) is 0.250. The van der Waals surface area contributed by atoms with Crippen molar-refractivity contribution in [3.8, 4) is 39.0 Å². The molecule has 5 aromatic rings. The van der Waals surface area contributed by atoms with Gasteiger partial charge in [0.1, 0.15) is 17.1 Å². The Kier molecular flexibility index (Phi) is 6.26. The number of primary sulfonamides is 1. The van der Waals surface area contributed by atoms with Crippen LogP contribution in [0, 0.1) is 0 Å². The molecule has 0 bridgehead atoms. The van der Waals surface area contributed by atoms with E-state index in [1.807, 2.05) is 54.6 Å². The number of hydrogen-bond donors (Lipinski definition) is 2. The Morgan fingerprint density at radius 3 is 2.31 bits per heavy atom. The van der Waals surface area contributed by atoms with E-state index in [1.54, 1.807) is 16.8 Å². The van der Waals surface area contributed by atoms with Crippen LogP contribution >= 0.6 is 11.3 Å². The summed E-state index contributed by atoms with van der Waals surface area (Å²) in [6.07, 6.45) is 1.89. The molecule has 0 atom stereocenters. The van der Waals surface area contributed by atoms with Gasteiger partial charge in [0.05, 0.1) is 4.90 Å². The molecule has 9 nitrogen and oxygen atoms in total. The lowest BCUT2D eigenvalue weighted by atomic mass is 10.0. The smallest absolute Gasteiger partial charge is 0.355 e. The molecule has 39 heavy (non-hydrogen) atoms. The van der Waals surface area contributed by atoms with Crippen molar-refractivity contribution in [2.24, 2.45) is 5.14 Å². The maximum atomic E-state index is 11.7. The van der Waals surface area contributed by atoms with Gasteiger partial charge in [0, 0.05) is 16.9 Å². The molecule has 3 aromatic carbocycles. The van der Waals surface area contributed by atoms with E-state index in [2.05, 4.69) is 4.98 Å². The monoisotopic (exact) mass is 558 g/mol. The summed E-state index contributed by atoms with van der Waals surface area (Å²) >= 11 is 1.18. The standard InChI is InChI=1S/C28H22N4O5S2/c29-39(35,36)22-13-11-21(12-14-22)37-26-24(18-9-10-18)31-32(28-30-23(16-38-28)27(33)34)25(26)20-8-4-7-19(15-20)17-5-2-1-3-6-17/h1-8,11-16,18H,9-10H2,(H,33,34)(H2,29,35,36). The number of hydrogen-bond acceptors (Lipinski definition) is 7. The van der Waals surface area contributed by atoms with Gasteiger partial charge >= 0.3 is 5.97 Å². The lowest BCUT2D eigenvalue weighted by Gasteiger charge is -2.12. The number of aromatic nitrogens is 3. The Hall–Kier alpha value is -4.32. The van der Waals surface area contributed by atoms with Crippen molar-refractivity contribution in [2.45, 2.75) is 23.7 Å². The van der Waals surface area contributed by atoms with Crippen LogP contribution in [0.4, 0.5) is 0 Å². The molecule has 3 N–H and O–H groups in total. The maximum absolute atomic E-state index is 11.7. The number of nitrogens with zero attached hydrogens (tertiary/aromatic N) is 3. The number of thiazole rings is 1. The zero-order valence-electron chi connectivity index (χ0n) is 20.4. The molecule has 196 valence electrons. The van der Waals surface area contributed by atoms with E-state index in [0.717, 1.165) is 35.2 Å². The molecule has 1 aliphatic carbocycles. The van der Waals surface area contributed by atoms with Gasteiger partial charge in [-0.05, 0) is 54.3 Å². The van der Waals surface area contributed by atoms with Crippen molar-refractivity contribution in [1.82, 2.24) is 14.8 Å². The number of aromatic carboxylic acids is 1. The number of carboxylic acids is 1. The number of carbonyl (C=O) groups is 1. The summed E-state index contributed by atoms with van der Waals surface area (Å²) in [6.45, 7) is 0. The summed E-state index contributed by atoms with van der Waals surface area (Å²) in [5.74, 6) is -0.0150. The highest BCUT2D eigenvalue weighted by Gasteiger charge is 2.35. The fraction of sp³-hybridized carbons (Fsp3) is 0.107. The number of sulfonamides is 1. The second-order valence-electron chi connectivity index (χ2n) is 9.13. The molecule has 0 aliphatic heterocycles. The molecule has 1 fully saturated rings. The number of ether oxygens (including phenoxy) is 1. The number of rotatable bonds is 8. The van der Waals surface area contributed by atoms with Crippen LogP contribution in [0.2, 0.25) is 0 Å². The molecule has 1 saturated carbocycles. The van der Waals surface area contributed by atoms with Crippen LogP contribution in [0.15, 0.2) is 89.1 Å². The first kappa shape index (κ1) is 25.0. The highest BCUT2D eigenvalue weighted by atomic mass is 32.2. The Bertz CT molecular complexity index is 1790. The Morgan fingerprint density at radius 1 is 0.974 bits per heavy atom. The molecular formula is C28H22N4O5S2. The van der Waals surface area contributed by atoms with Crippen molar-refractivity contribution < 1.29 is 23.1 Å². The second-order valence-corrected chi connectivity index (χ2v) is 11.5. The Labute approximate surface area is 228 Å². The van der Waals surface area contributed by atoms with Gasteiger partial charge in [0.2, 0.25) is 15.2 Å². The first-order valence-electron chi connectivity index (χ1n) is 12.1. The minimum Gasteiger partial charge on any atom is -0.476 e. The van der Waals surface area contributed by atoms with Crippen LogP contribution in [-0.4, -0.2) is 34.3 Å². The van der Waals surface area contributed by atoms with Gasteiger partial charge in [-0.1, -0.05) is 48.5 Å². The molecule has 2 heterocycles. The van der Waals surface area contributed by atoms with Crippen LogP contribution in [0.1, 0.15) is 34.9 Å². The molecule has 11 heteroatoms. The van der Waals surface area contributed by atoms with Gasteiger partial charge in [-0.2, -0.15) is 5.10 Å². The first-order chi connectivity index (χ1) is 18.8. The van der Waals surface area contributed by atoms with E-state index in [1.165, 1.54) is 28.8 Å². The van der Waals surface area contributed by atoms with Crippen molar-refractivity contribution in [2.75, 3.05) is 0 Å². The lowest BCUT2D eigenvalue weighted by Crippen LogP contribution is -2.11. The van der Waals surface area contributed by atoms with Gasteiger partial charge in [-0.15, -0.1) is 11.3 Å². The fourth-order valence-corrected chi connectivity index (χ4v) is 5.56. The normalized spacial score (nSPS) is 13.4. The van der Waals surface area contributed by atoms with E-state index in [9.17, 15) is 18.3 Å². The van der Waals surface area contributed by atoms with Crippen LogP contribution < -0.4 is 9.88 Å². The molecule has 0 spiro atoms. The maximum Gasteiger partial charge on any atom is 0.355 e. The molecule has 0 radical (unpaired) electrons. The summed E-state index contributed by atoms with van der Waals surface area (Å²) in [5.41, 5.74) is 4.12. The van der Waals surface area contributed by atoms with Crippen molar-refractivity contribution >= 4 is 27.3 Å². The third-order valence-electron chi connectivity index (χ3n) is 6.34. The molecule has 0 amide bonds. The number of nitrogens with two attached hydrogens (primary N) is 1. The zero-order valence-corrected chi connectivity index (χ0v) is 22.0. The largest absolute Gasteiger partial charge is 0.476 e. The number of carboxylic acid groups (broad SMARTS) is 1. The van der Waals surface area contributed by atoms with Crippen molar-refractivity contribution in [3.63, 3.8) is 0 Å². The highest BCUT2D eigenvalue weighted by molar-refractivity contribution is 7.89. The minimum atomic E-state index is -3.85. The topological polar surface area (TPSA) is 137 Å². The molecule has 0 saturated heterocycles. The van der Waals surface area contributed by atoms with Crippen LogP contribution in [0.25, 0.3) is 27.5 Å². The van der Waals surface area contributed by atoms with E-state index in [4.69, 9.17) is 15.0 Å². The number of benzene rings is 3. The van der Waals surface area contributed by atoms with Gasteiger partial charge in [0.25, 0.3) is 0 Å². The van der Waals surface area contributed by atoms with E-state index < -0.39 is 16.0 Å². The average Bonchev–Trinajstić information content (AvgIpc) is 3.52. The summed E-state index contributed by atoms with van der Waals surface area (Å²) in [7, 11) is -3.85. The van der Waals surface area contributed by atoms with Gasteiger partial charge in [-0.25, -0.2) is 28.0 Å². The van der Waals surface area contributed by atoms with Crippen molar-refractivity contribution in [1.29, 1.82) is 0 Å². The van der Waals surface area contributed by atoms with Gasteiger partial charge < -0.3 is 9.84 Å². The minimum absolute atomic E-state index is 0.0206. The van der Waals surface area contributed by atoms with E-state index in [0.29, 0.717) is 22.3 Å². The molecule has 1 aliphatic rings. The molecule has 0 unspecified atom stereocenters. The van der Waals surface area contributed by atoms with Crippen molar-refractivity contribution in [3.05, 3.63) is 95.6 Å². The highest BCUT2D eigenvalue weighted by Crippen LogP contribution is 2.49. The molecular weight excluding hydrogens is 536 g/mol. The van der Waals surface area contributed by atoms with Crippen LogP contribution in [0.3, 0.4) is 0 Å². The van der Waals surface area contributed by atoms with E-state index in [-0.39, 0.29) is 16.5 Å². The van der Waals surface area contributed by atoms with Gasteiger partial charge in [-0.3, -0.25) is 0 Å². The van der Waals surface area contributed by atoms with Gasteiger partial charge in [0.15, 0.2) is 11.4 Å². The average molecular weight is 559 g/mol. The third kappa shape index (κ3) is 5.07. The van der Waals surface area contributed by atoms with Crippen LogP contribution in [-0.2, 0) is 10.0 Å². The summed E-state index contributed by atoms with van der Waals surface area (Å²) < 4.78 is 31.5. The summed E-state index contributed by atoms with van der Waals surface area (Å²) in [5, 5.41) is 21.5. The molecule has 6 rings (SSSR count). The van der Waals surface area contributed by atoms with E-state index >= 15 is 0 Å². The Morgan fingerprint density at radius 2 is 1.67 bits per heavy atom.